The Labute approximate surface area is 230 Å². The van der Waals surface area contributed by atoms with Gasteiger partial charge in [-0.15, -0.1) is 0 Å². The van der Waals surface area contributed by atoms with Gasteiger partial charge < -0.3 is 24.9 Å². The number of nitrogens with one attached hydrogen (secondary N) is 1. The van der Waals surface area contributed by atoms with Crippen LogP contribution in [-0.4, -0.2) is 68.2 Å². The summed E-state index contributed by atoms with van der Waals surface area (Å²) in [6, 6.07) is -0.161. The summed E-state index contributed by atoms with van der Waals surface area (Å²) in [6.07, 6.45) is 23.1. The van der Waals surface area contributed by atoms with Gasteiger partial charge in [0.25, 0.3) is 0 Å². The summed E-state index contributed by atoms with van der Waals surface area (Å²) in [5, 5.41) is 12.2. The molecule has 1 aliphatic heterocycles. The van der Waals surface area contributed by atoms with Crippen molar-refractivity contribution in [1.82, 2.24) is 10.2 Å². The molecule has 1 fully saturated rings. The second-order valence-electron chi connectivity index (χ2n) is 10.3. The summed E-state index contributed by atoms with van der Waals surface area (Å²) in [5.41, 5.74) is 0. The first-order chi connectivity index (χ1) is 18.1. The van der Waals surface area contributed by atoms with Crippen LogP contribution in [0.3, 0.4) is 0 Å². The van der Waals surface area contributed by atoms with Crippen molar-refractivity contribution >= 4 is 12.2 Å². The minimum Gasteiger partial charge on any atom is -0.394 e. The van der Waals surface area contributed by atoms with Crippen molar-refractivity contribution in [2.45, 2.75) is 155 Å². The van der Waals surface area contributed by atoms with Crippen LogP contribution in [-0.2, 0) is 14.3 Å². The highest BCUT2D eigenvalue weighted by Gasteiger charge is 2.17. The lowest BCUT2D eigenvalue weighted by molar-refractivity contribution is -0.122. The number of aliphatic hydroxyl groups excluding tert-OH is 1. The van der Waals surface area contributed by atoms with E-state index in [2.05, 4.69) is 24.2 Å². The molecule has 2 atom stereocenters. The van der Waals surface area contributed by atoms with Crippen LogP contribution >= 0.6 is 0 Å². The molecule has 0 aromatic rings. The van der Waals surface area contributed by atoms with E-state index in [1.165, 1.54) is 83.6 Å². The molecule has 37 heavy (non-hydrogen) atoms. The highest BCUT2D eigenvalue weighted by Crippen LogP contribution is 2.13. The van der Waals surface area contributed by atoms with Gasteiger partial charge in [0.1, 0.15) is 6.29 Å². The molecule has 1 heterocycles. The number of hydrogen-bond acceptors (Lipinski definition) is 5. The molecule has 6 nitrogen and oxygen atoms in total. The Morgan fingerprint density at radius 1 is 0.946 bits per heavy atom. The zero-order chi connectivity index (χ0) is 28.0. The second-order valence-corrected chi connectivity index (χ2v) is 10.3. The number of ether oxygens (including phenoxy) is 1. The number of methoxy groups -OCH3 is 1. The number of carbonyl (C=O) groups is 2. The molecule has 1 amide bonds. The van der Waals surface area contributed by atoms with Crippen LogP contribution < -0.4 is 5.32 Å². The monoisotopic (exact) mass is 528 g/mol. The van der Waals surface area contributed by atoms with Crippen molar-refractivity contribution in [3.05, 3.63) is 0 Å². The highest BCUT2D eigenvalue weighted by molar-refractivity contribution is 5.76. The predicted molar refractivity (Wildman–Crippen MR) is 158 cm³/mol. The van der Waals surface area contributed by atoms with Gasteiger partial charge in [0.2, 0.25) is 5.91 Å². The smallest absolute Gasteiger partial charge is 0.220 e. The zero-order valence-corrected chi connectivity index (χ0v) is 25.4. The molecule has 1 rings (SSSR count). The standard InChI is InChI=1S/C23H45NO3.C6H13NO.C2H6/c1-2-3-4-5-6-7-8-9-10-11-12-13-16-19-23(27)24-22(21-26)18-15-14-17-20-25;1-7-4-3-6(5-7)8-2;1-2/h20,22,26H,2-19,21H2,1H3,(H,24,27);6H,3-5H2,1-2H3;1-2H3. The van der Waals surface area contributed by atoms with Crippen LogP contribution in [0.15, 0.2) is 0 Å². The second kappa shape index (κ2) is 31.2. The number of hydrogen-bond donors (Lipinski definition) is 2. The molecule has 0 aliphatic carbocycles. The summed E-state index contributed by atoms with van der Waals surface area (Å²) >= 11 is 0. The van der Waals surface area contributed by atoms with E-state index in [0.717, 1.165) is 44.9 Å². The molecule has 222 valence electrons. The maximum absolute atomic E-state index is 11.9. The Bertz CT molecular complexity index is 476. The van der Waals surface area contributed by atoms with Crippen LogP contribution in [0.2, 0.25) is 0 Å². The fourth-order valence-corrected chi connectivity index (χ4v) is 4.52. The number of likely N-dealkylation sites (N-methyl/N-ethyl adjacent to an activating group) is 1. The predicted octanol–water partition coefficient (Wildman–Crippen LogP) is 7.07. The zero-order valence-electron chi connectivity index (χ0n) is 25.4. The van der Waals surface area contributed by atoms with Gasteiger partial charge in [0, 0.05) is 33.0 Å². The molecule has 0 bridgehead atoms. The van der Waals surface area contributed by atoms with E-state index in [1.54, 1.807) is 7.11 Å². The highest BCUT2D eigenvalue weighted by atomic mass is 16.5. The number of unbranched alkanes of at least 4 members (excludes halogenated alkanes) is 14. The normalized spacial score (nSPS) is 15.8. The third kappa shape index (κ3) is 27.9. The van der Waals surface area contributed by atoms with Crippen molar-refractivity contribution in [2.75, 3.05) is 33.9 Å². The van der Waals surface area contributed by atoms with Gasteiger partial charge in [0.15, 0.2) is 0 Å². The number of aliphatic hydroxyl groups is 1. The first kappa shape index (κ1) is 38.2. The van der Waals surface area contributed by atoms with Crippen molar-refractivity contribution < 1.29 is 19.4 Å². The molecule has 6 heteroatoms. The quantitative estimate of drug-likeness (QED) is 0.116. The molecular formula is C31H64N2O4. The molecule has 2 unspecified atom stereocenters. The van der Waals surface area contributed by atoms with E-state index < -0.39 is 0 Å². The lowest BCUT2D eigenvalue weighted by Gasteiger charge is -2.16. The van der Waals surface area contributed by atoms with Crippen LogP contribution in [0, 0.1) is 0 Å². The average Bonchev–Trinajstić information content (AvgIpc) is 3.35. The van der Waals surface area contributed by atoms with E-state index in [9.17, 15) is 14.7 Å². The number of amides is 1. The number of carbonyl (C=O) groups excluding carboxylic acids is 2. The number of aldehydes is 1. The third-order valence-electron chi connectivity index (χ3n) is 6.90. The van der Waals surface area contributed by atoms with E-state index in [-0.39, 0.29) is 18.6 Å². The maximum atomic E-state index is 11.9. The van der Waals surface area contributed by atoms with Crippen molar-refractivity contribution in [2.24, 2.45) is 0 Å². The number of rotatable bonds is 22. The van der Waals surface area contributed by atoms with E-state index in [0.29, 0.717) is 18.9 Å². The van der Waals surface area contributed by atoms with Gasteiger partial charge in [-0.3, -0.25) is 4.79 Å². The minimum atomic E-state index is -0.161. The van der Waals surface area contributed by atoms with Gasteiger partial charge in [-0.1, -0.05) is 104 Å². The van der Waals surface area contributed by atoms with Gasteiger partial charge >= 0.3 is 0 Å². The van der Waals surface area contributed by atoms with Crippen LogP contribution in [0.25, 0.3) is 0 Å². The van der Waals surface area contributed by atoms with E-state index in [4.69, 9.17) is 4.74 Å². The maximum Gasteiger partial charge on any atom is 0.220 e. The molecule has 0 aromatic heterocycles. The topological polar surface area (TPSA) is 78.9 Å². The number of nitrogens with zero attached hydrogens (tertiary/aromatic N) is 1. The summed E-state index contributed by atoms with van der Waals surface area (Å²) in [4.78, 5) is 24.5. The third-order valence-corrected chi connectivity index (χ3v) is 6.90. The molecule has 0 saturated carbocycles. The van der Waals surface area contributed by atoms with Gasteiger partial charge in [-0.2, -0.15) is 0 Å². The molecule has 0 radical (unpaired) electrons. The lowest BCUT2D eigenvalue weighted by Crippen LogP contribution is -2.37. The van der Waals surface area contributed by atoms with E-state index >= 15 is 0 Å². The molecular weight excluding hydrogens is 464 g/mol. The Morgan fingerprint density at radius 3 is 1.89 bits per heavy atom. The average molecular weight is 529 g/mol. The first-order valence-corrected chi connectivity index (χ1v) is 15.6. The summed E-state index contributed by atoms with van der Waals surface area (Å²) in [6.45, 7) is 8.54. The summed E-state index contributed by atoms with van der Waals surface area (Å²) in [7, 11) is 3.91. The molecule has 0 aromatic carbocycles. The Morgan fingerprint density at radius 2 is 1.49 bits per heavy atom. The van der Waals surface area contributed by atoms with E-state index in [1.807, 2.05) is 13.8 Å². The van der Waals surface area contributed by atoms with Gasteiger partial charge in [0.05, 0.1) is 18.8 Å². The first-order valence-electron chi connectivity index (χ1n) is 15.6. The molecule has 0 spiro atoms. The van der Waals surface area contributed by atoms with Crippen LogP contribution in [0.5, 0.6) is 0 Å². The van der Waals surface area contributed by atoms with Gasteiger partial charge in [-0.25, -0.2) is 0 Å². The molecule has 1 saturated heterocycles. The van der Waals surface area contributed by atoms with Crippen molar-refractivity contribution in [1.29, 1.82) is 0 Å². The van der Waals surface area contributed by atoms with Crippen LogP contribution in [0.1, 0.15) is 143 Å². The molecule has 1 aliphatic rings. The number of likely N-dealkylation sites (tertiary alicyclic amines) is 1. The van der Waals surface area contributed by atoms with Gasteiger partial charge in [-0.05, 0) is 32.7 Å². The van der Waals surface area contributed by atoms with Crippen molar-refractivity contribution in [3.63, 3.8) is 0 Å². The Balaban J connectivity index is 0. The lowest BCUT2D eigenvalue weighted by atomic mass is 10.0. The Hall–Kier alpha value is -0.980. The summed E-state index contributed by atoms with van der Waals surface area (Å²) < 4.78 is 5.14. The Kier molecular flexibility index (Phi) is 32.2. The largest absolute Gasteiger partial charge is 0.394 e. The minimum absolute atomic E-state index is 0.0224. The molecule has 2 N–H and O–H groups in total. The van der Waals surface area contributed by atoms with Crippen molar-refractivity contribution in [3.8, 4) is 0 Å². The summed E-state index contributed by atoms with van der Waals surface area (Å²) in [5.74, 6) is 0.0486. The fourth-order valence-electron chi connectivity index (χ4n) is 4.52. The van der Waals surface area contributed by atoms with Crippen LogP contribution in [0.4, 0.5) is 0 Å². The fraction of sp³-hybridized carbons (Fsp3) is 0.935. The SMILES string of the molecule is CC.CCCCCCCCCCCCCCCC(=O)NC(CO)CCCCC=O.COC1CCN(C)C1.